The number of halogens is 1. The van der Waals surface area contributed by atoms with Crippen molar-refractivity contribution in [3.63, 3.8) is 0 Å². The Kier molecular flexibility index (Phi) is 4.04. The molecule has 1 aromatic carbocycles. The second kappa shape index (κ2) is 5.41. The smallest absolute Gasteiger partial charge is 0.340 e. The van der Waals surface area contributed by atoms with Gasteiger partial charge >= 0.3 is 5.97 Å². The van der Waals surface area contributed by atoms with Crippen molar-refractivity contribution in [3.8, 4) is 0 Å². The number of anilines is 1. The van der Waals surface area contributed by atoms with Gasteiger partial charge in [-0.2, -0.15) is 0 Å². The molecule has 0 spiro atoms. The zero-order chi connectivity index (χ0) is 14.0. The number of hydrogen-bond donors (Lipinski definition) is 1. The molecule has 3 nitrogen and oxygen atoms in total. The molecule has 0 aliphatic heterocycles. The number of nitrogens with two attached hydrogens (primary N) is 1. The lowest BCUT2D eigenvalue weighted by atomic mass is 9.76. The number of carbonyl (C=O) groups is 1. The Morgan fingerprint density at radius 1 is 1.37 bits per heavy atom. The Hall–Kier alpha value is -1.22. The molecule has 0 atom stereocenters. The highest BCUT2D eigenvalue weighted by molar-refractivity contribution is 6.31. The van der Waals surface area contributed by atoms with Crippen molar-refractivity contribution in [2.45, 2.75) is 45.6 Å². The van der Waals surface area contributed by atoms with Crippen molar-refractivity contribution in [3.05, 3.63) is 28.8 Å². The van der Waals surface area contributed by atoms with Crippen molar-refractivity contribution in [2.75, 3.05) is 5.73 Å². The molecule has 0 amide bonds. The van der Waals surface area contributed by atoms with Crippen LogP contribution in [-0.4, -0.2) is 12.1 Å². The molecule has 0 heterocycles. The third kappa shape index (κ3) is 3.63. The molecule has 1 aliphatic rings. The molecule has 104 valence electrons. The molecule has 1 aromatic rings. The van der Waals surface area contributed by atoms with Crippen LogP contribution in [0.25, 0.3) is 0 Å². The maximum absolute atomic E-state index is 12.1. The molecule has 0 aromatic heterocycles. The molecule has 4 heteroatoms. The fourth-order valence-corrected chi connectivity index (χ4v) is 2.58. The number of carbonyl (C=O) groups excluding carboxylic acids is 1. The first-order valence-corrected chi connectivity index (χ1v) is 7.01. The molecule has 1 fully saturated rings. The maximum atomic E-state index is 12.1. The number of benzene rings is 1. The maximum Gasteiger partial charge on any atom is 0.340 e. The van der Waals surface area contributed by atoms with E-state index in [0.29, 0.717) is 21.7 Å². The first-order chi connectivity index (χ1) is 8.87. The van der Waals surface area contributed by atoms with Gasteiger partial charge < -0.3 is 10.5 Å². The minimum Gasteiger partial charge on any atom is -0.459 e. The van der Waals surface area contributed by atoms with Gasteiger partial charge in [0.25, 0.3) is 0 Å². The Bertz CT molecular complexity index is 475. The number of hydrogen-bond acceptors (Lipinski definition) is 3. The molecule has 0 bridgehead atoms. The van der Waals surface area contributed by atoms with Crippen LogP contribution in [0, 0.1) is 5.41 Å². The standard InChI is InChI=1S/C15H20ClNO2/c1-15(2)7-5-11(6-8-15)19-14(18)12-9-10(16)3-4-13(12)17/h3-4,9,11H,5-8,17H2,1-2H3. The molecule has 1 saturated carbocycles. The highest BCUT2D eigenvalue weighted by Gasteiger charge is 2.29. The normalized spacial score (nSPS) is 19.1. The van der Waals surface area contributed by atoms with Crippen LogP contribution in [0.4, 0.5) is 5.69 Å². The van der Waals surface area contributed by atoms with E-state index in [4.69, 9.17) is 22.1 Å². The van der Waals surface area contributed by atoms with Gasteiger partial charge in [-0.05, 0) is 49.3 Å². The molecular weight excluding hydrogens is 262 g/mol. The zero-order valence-electron chi connectivity index (χ0n) is 11.4. The van der Waals surface area contributed by atoms with Crippen molar-refractivity contribution < 1.29 is 9.53 Å². The van der Waals surface area contributed by atoms with Gasteiger partial charge in [0.1, 0.15) is 6.10 Å². The summed E-state index contributed by atoms with van der Waals surface area (Å²) in [4.78, 5) is 12.1. The van der Waals surface area contributed by atoms with Gasteiger partial charge in [0.2, 0.25) is 0 Å². The fourth-order valence-electron chi connectivity index (χ4n) is 2.41. The fraction of sp³-hybridized carbons (Fsp3) is 0.533. The third-order valence-electron chi connectivity index (χ3n) is 3.80. The third-order valence-corrected chi connectivity index (χ3v) is 4.03. The van der Waals surface area contributed by atoms with E-state index in [-0.39, 0.29) is 12.1 Å². The molecule has 0 radical (unpaired) electrons. The van der Waals surface area contributed by atoms with Crippen molar-refractivity contribution >= 4 is 23.3 Å². The van der Waals surface area contributed by atoms with Gasteiger partial charge in [0, 0.05) is 10.7 Å². The summed E-state index contributed by atoms with van der Waals surface area (Å²) in [6.45, 7) is 4.50. The van der Waals surface area contributed by atoms with E-state index in [9.17, 15) is 4.79 Å². The van der Waals surface area contributed by atoms with E-state index >= 15 is 0 Å². The average Bonchev–Trinajstić information content (AvgIpc) is 2.35. The minimum atomic E-state index is -0.371. The SMILES string of the molecule is CC1(C)CCC(OC(=O)c2cc(Cl)ccc2N)CC1. The predicted molar refractivity (Wildman–Crippen MR) is 77.3 cm³/mol. The van der Waals surface area contributed by atoms with Gasteiger partial charge in [-0.3, -0.25) is 0 Å². The summed E-state index contributed by atoms with van der Waals surface area (Å²) in [5.74, 6) is -0.371. The number of rotatable bonds is 2. The first kappa shape index (κ1) is 14.2. The topological polar surface area (TPSA) is 52.3 Å². The van der Waals surface area contributed by atoms with Crippen LogP contribution in [0.2, 0.25) is 5.02 Å². The van der Waals surface area contributed by atoms with E-state index in [2.05, 4.69) is 13.8 Å². The summed E-state index contributed by atoms with van der Waals surface area (Å²) < 4.78 is 5.53. The van der Waals surface area contributed by atoms with Crippen LogP contribution in [0.3, 0.4) is 0 Å². The van der Waals surface area contributed by atoms with E-state index in [1.807, 2.05) is 0 Å². The van der Waals surface area contributed by atoms with Crippen LogP contribution < -0.4 is 5.73 Å². The minimum absolute atomic E-state index is 0.00101. The van der Waals surface area contributed by atoms with Crippen LogP contribution in [0.15, 0.2) is 18.2 Å². The predicted octanol–water partition coefficient (Wildman–Crippen LogP) is 4.05. The Morgan fingerprint density at radius 3 is 2.63 bits per heavy atom. The van der Waals surface area contributed by atoms with E-state index in [1.54, 1.807) is 18.2 Å². The molecule has 2 N–H and O–H groups in total. The Balaban J connectivity index is 2.00. The first-order valence-electron chi connectivity index (χ1n) is 6.63. The average molecular weight is 282 g/mol. The summed E-state index contributed by atoms with van der Waals surface area (Å²) in [6, 6.07) is 4.85. The molecule has 0 unspecified atom stereocenters. The summed E-state index contributed by atoms with van der Waals surface area (Å²) in [5, 5.41) is 0.492. The molecule has 19 heavy (non-hydrogen) atoms. The van der Waals surface area contributed by atoms with Crippen LogP contribution in [0.1, 0.15) is 49.9 Å². The summed E-state index contributed by atoms with van der Waals surface area (Å²) in [6.07, 6.45) is 3.99. The van der Waals surface area contributed by atoms with Gasteiger partial charge in [0.15, 0.2) is 0 Å². The highest BCUT2D eigenvalue weighted by Crippen LogP contribution is 2.36. The molecular formula is C15H20ClNO2. The molecule has 0 saturated heterocycles. The van der Waals surface area contributed by atoms with Crippen molar-refractivity contribution in [2.24, 2.45) is 5.41 Å². The monoisotopic (exact) mass is 281 g/mol. The molecule has 2 rings (SSSR count). The van der Waals surface area contributed by atoms with Gasteiger partial charge in [-0.25, -0.2) is 4.79 Å². The van der Waals surface area contributed by atoms with Crippen LogP contribution in [-0.2, 0) is 4.74 Å². The number of ether oxygens (including phenoxy) is 1. The van der Waals surface area contributed by atoms with E-state index in [1.165, 1.54) is 0 Å². The highest BCUT2D eigenvalue weighted by atomic mass is 35.5. The summed E-state index contributed by atoms with van der Waals surface area (Å²) in [5.41, 5.74) is 6.90. The summed E-state index contributed by atoms with van der Waals surface area (Å²) >= 11 is 5.88. The second-order valence-electron chi connectivity index (χ2n) is 6.00. The van der Waals surface area contributed by atoms with E-state index in [0.717, 1.165) is 25.7 Å². The summed E-state index contributed by atoms with van der Waals surface area (Å²) in [7, 11) is 0. The van der Waals surface area contributed by atoms with Crippen molar-refractivity contribution in [1.82, 2.24) is 0 Å². The van der Waals surface area contributed by atoms with Gasteiger partial charge in [-0.1, -0.05) is 25.4 Å². The Labute approximate surface area is 119 Å². The largest absolute Gasteiger partial charge is 0.459 e. The van der Waals surface area contributed by atoms with Crippen molar-refractivity contribution in [1.29, 1.82) is 0 Å². The quantitative estimate of drug-likeness (QED) is 0.657. The lowest BCUT2D eigenvalue weighted by Crippen LogP contribution is -2.28. The van der Waals surface area contributed by atoms with Crippen LogP contribution in [0.5, 0.6) is 0 Å². The second-order valence-corrected chi connectivity index (χ2v) is 6.44. The zero-order valence-corrected chi connectivity index (χ0v) is 12.2. The lowest BCUT2D eigenvalue weighted by Gasteiger charge is -2.33. The molecule has 1 aliphatic carbocycles. The lowest BCUT2D eigenvalue weighted by molar-refractivity contribution is 0.00962. The van der Waals surface area contributed by atoms with E-state index < -0.39 is 0 Å². The van der Waals surface area contributed by atoms with Crippen LogP contribution >= 0.6 is 11.6 Å². The number of esters is 1. The van der Waals surface area contributed by atoms with Gasteiger partial charge in [-0.15, -0.1) is 0 Å². The number of nitrogen functional groups attached to an aromatic ring is 1. The van der Waals surface area contributed by atoms with Gasteiger partial charge in [0.05, 0.1) is 5.56 Å². The Morgan fingerprint density at radius 2 is 2.00 bits per heavy atom.